The molecule has 1 N–H and O–H groups in total. The van der Waals surface area contributed by atoms with Crippen molar-refractivity contribution in [2.75, 3.05) is 0 Å². The number of hydrogen-bond acceptors (Lipinski definition) is 9. The second kappa shape index (κ2) is 16.3. The first-order chi connectivity index (χ1) is 24.6. The molecule has 0 radical (unpaired) electrons. The highest BCUT2D eigenvalue weighted by Gasteiger charge is 2.46. The summed E-state index contributed by atoms with van der Waals surface area (Å²) < 4.78 is 30.0. The van der Waals surface area contributed by atoms with Gasteiger partial charge in [-0.05, 0) is 90.7 Å². The van der Waals surface area contributed by atoms with E-state index in [9.17, 15) is 0 Å². The van der Waals surface area contributed by atoms with Crippen molar-refractivity contribution >= 4 is 25.8 Å². The molecule has 1 heterocycles. The average molecular weight is 722 g/mol. The van der Waals surface area contributed by atoms with Crippen molar-refractivity contribution in [2.45, 2.75) is 13.8 Å². The molecule has 0 aliphatic carbocycles. The summed E-state index contributed by atoms with van der Waals surface area (Å²) in [4.78, 5) is 16.6. The fourth-order valence-electron chi connectivity index (χ4n) is 4.66. The molecule has 1 aliphatic rings. The van der Waals surface area contributed by atoms with Gasteiger partial charge in [-0.3, -0.25) is 0 Å². The molecule has 0 bridgehead atoms. The fourth-order valence-corrected chi connectivity index (χ4v) is 10.2. The molecule has 0 amide bonds. The number of rotatable bonds is 12. The van der Waals surface area contributed by atoms with Crippen molar-refractivity contribution in [1.29, 1.82) is 0 Å². The monoisotopic (exact) mass is 721 g/mol. The van der Waals surface area contributed by atoms with E-state index in [1.54, 1.807) is 9.21 Å². The summed E-state index contributed by atoms with van der Waals surface area (Å²) in [6.45, 7) is 4.01. The maximum absolute atomic E-state index is 6.88. The van der Waals surface area contributed by atoms with Crippen LogP contribution in [0.2, 0.25) is 0 Å². The molecule has 12 heteroatoms. The van der Waals surface area contributed by atoms with Crippen molar-refractivity contribution in [3.05, 3.63) is 169 Å². The first-order valence-electron chi connectivity index (χ1n) is 15.8. The number of aryl methyl sites for hydroxylation is 2. The molecule has 50 heavy (non-hydrogen) atoms. The molecule has 0 spiro atoms. The van der Waals surface area contributed by atoms with Gasteiger partial charge < -0.3 is 28.2 Å². The van der Waals surface area contributed by atoms with Gasteiger partial charge in [0, 0.05) is 4.60 Å². The van der Waals surface area contributed by atoms with E-state index in [4.69, 9.17) is 28.2 Å². The molecule has 6 aromatic carbocycles. The first kappa shape index (κ1) is 33.8. The lowest BCUT2D eigenvalue weighted by Crippen LogP contribution is -2.37. The summed E-state index contributed by atoms with van der Waals surface area (Å²) in [6.07, 6.45) is 0. The zero-order valence-electron chi connectivity index (χ0n) is 27.2. The summed E-state index contributed by atoms with van der Waals surface area (Å²) in [6, 6.07) is 50.0. The summed E-state index contributed by atoms with van der Waals surface area (Å²) in [7, 11) is -3.56. The smallest absolute Gasteiger partial charge is 0.332 e. The van der Waals surface area contributed by atoms with Gasteiger partial charge in [-0.2, -0.15) is 0 Å². The second-order valence-corrected chi connectivity index (χ2v) is 15.7. The van der Waals surface area contributed by atoms with Gasteiger partial charge in [-0.15, -0.1) is 0 Å². The van der Waals surface area contributed by atoms with Crippen molar-refractivity contribution < 1.29 is 28.2 Å². The highest BCUT2D eigenvalue weighted by Crippen LogP contribution is 2.66. The molecular weight excluding hydrogens is 687 g/mol. The third-order valence-corrected chi connectivity index (χ3v) is 12.3. The summed E-state index contributed by atoms with van der Waals surface area (Å²) in [5.74, 6) is 4.66. The van der Waals surface area contributed by atoms with Crippen molar-refractivity contribution in [2.24, 2.45) is 0 Å². The summed E-state index contributed by atoms with van der Waals surface area (Å²) in [5, 5.41) is 0. The Bertz CT molecular complexity index is 1960. The van der Waals surface area contributed by atoms with E-state index in [0.717, 1.165) is 11.1 Å². The van der Waals surface area contributed by atoms with Gasteiger partial charge in [-0.25, -0.2) is 4.86 Å². The lowest BCUT2D eigenvalue weighted by atomic mass is 10.2. The Morgan fingerprint density at radius 2 is 1.02 bits per heavy atom. The van der Waals surface area contributed by atoms with Crippen molar-refractivity contribution in [3.63, 3.8) is 0 Å². The van der Waals surface area contributed by atoms with Gasteiger partial charge in [0.1, 0.15) is 28.7 Å². The van der Waals surface area contributed by atoms with Crippen molar-refractivity contribution in [1.82, 2.24) is 14.1 Å². The van der Waals surface area contributed by atoms with E-state index in [1.807, 2.05) is 172 Å². The lowest BCUT2D eigenvalue weighted by molar-refractivity contribution is 0.0675. The zero-order valence-corrected chi connectivity index (χ0v) is 30.0. The second-order valence-electron chi connectivity index (χ2n) is 10.9. The average Bonchev–Trinajstić information content (AvgIpc) is 3.15. The Morgan fingerprint density at radius 1 is 0.500 bits per heavy atom. The minimum atomic E-state index is -1.77. The van der Waals surface area contributed by atoms with E-state index in [1.165, 1.54) is 0 Å². The third kappa shape index (κ3) is 8.53. The Morgan fingerprint density at radius 3 is 1.62 bits per heavy atom. The number of benzene rings is 6. The van der Waals surface area contributed by atoms with Crippen LogP contribution in [0.1, 0.15) is 11.1 Å². The fraction of sp³-hybridized carbons (Fsp3) is 0.0526. The van der Waals surface area contributed by atoms with E-state index in [0.29, 0.717) is 46.0 Å². The van der Waals surface area contributed by atoms with Crippen LogP contribution in [0, 0.1) is 13.8 Å². The predicted octanol–water partition coefficient (Wildman–Crippen LogP) is 11.5. The molecule has 7 rings (SSSR count). The largest absolute Gasteiger partial charge is 0.453 e. The Hall–Kier alpha value is -4.71. The third-order valence-electron chi connectivity index (χ3n) is 7.16. The number of hydrogen-bond donors (Lipinski definition) is 1. The molecule has 1 fully saturated rings. The molecule has 0 aromatic heterocycles. The highest BCUT2D eigenvalue weighted by molar-refractivity contribution is 7.74. The Labute approximate surface area is 296 Å². The molecule has 1 saturated heterocycles. The molecular formula is C38H34N3O6P3. The predicted molar refractivity (Wildman–Crippen MR) is 200 cm³/mol. The van der Waals surface area contributed by atoms with Crippen LogP contribution >= 0.6 is 25.8 Å². The quantitative estimate of drug-likeness (QED) is 0.124. The summed E-state index contributed by atoms with van der Waals surface area (Å²) in [5.41, 5.74) is 1.99. The van der Waals surface area contributed by atoms with Gasteiger partial charge in [0.25, 0.3) is 8.45 Å². The molecule has 3 unspecified atom stereocenters. The van der Waals surface area contributed by atoms with Gasteiger partial charge in [0.2, 0.25) is 5.75 Å². The van der Waals surface area contributed by atoms with Gasteiger partial charge in [0.15, 0.2) is 11.5 Å². The number of ether oxygens (including phenoxy) is 2. The van der Waals surface area contributed by atoms with Crippen LogP contribution in [0.4, 0.5) is 0 Å². The van der Waals surface area contributed by atoms with E-state index < -0.39 is 16.9 Å². The van der Waals surface area contributed by atoms with Crippen LogP contribution in [0.15, 0.2) is 158 Å². The molecule has 0 saturated carbocycles. The van der Waals surface area contributed by atoms with Crippen LogP contribution in [0.25, 0.3) is 0 Å². The van der Waals surface area contributed by atoms with Gasteiger partial charge >= 0.3 is 8.45 Å². The molecule has 1 aliphatic heterocycles. The van der Waals surface area contributed by atoms with E-state index in [2.05, 4.69) is 4.86 Å². The number of nitrogens with zero attached hydrogens (tertiary/aromatic N) is 2. The normalized spacial score (nSPS) is 16.8. The Kier molecular flexibility index (Phi) is 11.0. The van der Waals surface area contributed by atoms with Crippen LogP contribution in [0.3, 0.4) is 0 Å². The van der Waals surface area contributed by atoms with Gasteiger partial charge in [0.05, 0.1) is 8.88 Å². The molecule has 6 aromatic rings. The standard InChI is InChI=1S/C38H34N3O6P3/c1-29-23-26-34(27-24-29)45-41-49(39-48-40(44-33-19-11-5-12-20-33)50(41)46-35-21-13-6-14-22-35)47-36-28-25-30(2)37(42-31-15-7-3-8-16-31)38(36)43-32-17-9-4-10-18-32/h3-28,39,48H,1-2H3. The minimum absolute atomic E-state index is 0.0549. The van der Waals surface area contributed by atoms with E-state index in [-0.39, 0.29) is 8.88 Å². The Balaban J connectivity index is 1.28. The van der Waals surface area contributed by atoms with Crippen LogP contribution in [-0.4, -0.2) is 9.21 Å². The molecule has 3 atom stereocenters. The first-order valence-corrected chi connectivity index (χ1v) is 19.1. The SMILES string of the molecule is Cc1ccc(ON2P(Oc3ccc(C)c(Oc4ccccc4)c3Oc3ccccc3)NPN(Oc3ccccc3)P2Oc2ccccc2)cc1. The molecule has 252 valence electrons. The summed E-state index contributed by atoms with van der Waals surface area (Å²) >= 11 is 0. The van der Waals surface area contributed by atoms with Crippen molar-refractivity contribution in [3.8, 4) is 46.0 Å². The van der Waals surface area contributed by atoms with Crippen LogP contribution in [0.5, 0.6) is 46.0 Å². The maximum atomic E-state index is 6.88. The molecule has 9 nitrogen and oxygen atoms in total. The van der Waals surface area contributed by atoms with Gasteiger partial charge in [-0.1, -0.05) is 96.6 Å². The topological polar surface area (TPSA) is 73.9 Å². The zero-order chi connectivity index (χ0) is 34.1. The number of nitrogens with one attached hydrogen (secondary N) is 1. The highest BCUT2D eigenvalue weighted by atomic mass is 31.3. The maximum Gasteiger partial charge on any atom is 0.332 e. The van der Waals surface area contributed by atoms with Crippen LogP contribution in [-0.2, 0) is 0 Å². The van der Waals surface area contributed by atoms with E-state index >= 15 is 0 Å². The number of para-hydroxylation sites is 4. The van der Waals surface area contributed by atoms with Crippen LogP contribution < -0.4 is 33.1 Å². The lowest BCUT2D eigenvalue weighted by Gasteiger charge is -2.41. The minimum Gasteiger partial charge on any atom is -0.453 e.